The Balaban J connectivity index is 1.53. The van der Waals surface area contributed by atoms with Gasteiger partial charge in [0, 0.05) is 5.56 Å². The molecule has 6 heteroatoms. The van der Waals surface area contributed by atoms with Crippen LogP contribution >= 0.6 is 0 Å². The van der Waals surface area contributed by atoms with Gasteiger partial charge in [-0.25, -0.2) is 13.6 Å². The van der Waals surface area contributed by atoms with Crippen molar-refractivity contribution in [2.75, 3.05) is 6.61 Å². The van der Waals surface area contributed by atoms with Crippen molar-refractivity contribution in [3.05, 3.63) is 53.6 Å². The number of unbranched alkanes of at least 4 members (excludes halogenated alkanes) is 4. The fraction of sp³-hybridized carbons (Fsp3) is 0.581. The van der Waals surface area contributed by atoms with Gasteiger partial charge in [0.2, 0.25) is 5.82 Å². The number of hydrogen-bond acceptors (Lipinski definition) is 3. The number of esters is 1. The second-order valence-corrected chi connectivity index (χ2v) is 10.3. The fourth-order valence-corrected chi connectivity index (χ4v) is 4.87. The van der Waals surface area contributed by atoms with Gasteiger partial charge in [0.05, 0.1) is 6.61 Å². The highest BCUT2D eigenvalue weighted by molar-refractivity contribution is 5.75. The molecule has 0 N–H and O–H groups in total. The quantitative estimate of drug-likeness (QED) is 0.196. The van der Waals surface area contributed by atoms with E-state index in [1.807, 2.05) is 31.2 Å². The minimum atomic E-state index is -1.57. The minimum absolute atomic E-state index is 0.0472. The highest BCUT2D eigenvalue weighted by Crippen LogP contribution is 2.36. The standard InChI is InChI=1S/C31H41F3O3/c1-4-6-7-8-9-20-36-27-19-18-26(29(33)30(27)34)24-12-10-22(11-13-24)23-14-16-25(17-15-23)37-31(35)28(32)21(3)5-2/h10-13,18-19,21,23,25,28H,4-9,14-17,20H2,1-3H3/t21-,23?,25?,28-/m0/s1. The van der Waals surface area contributed by atoms with Gasteiger partial charge in [-0.05, 0) is 67.2 Å². The highest BCUT2D eigenvalue weighted by atomic mass is 19.2. The fourth-order valence-electron chi connectivity index (χ4n) is 4.87. The van der Waals surface area contributed by atoms with E-state index in [-0.39, 0.29) is 29.3 Å². The molecule has 0 radical (unpaired) electrons. The molecule has 3 rings (SSSR count). The average molecular weight is 519 g/mol. The molecule has 0 heterocycles. The second kappa shape index (κ2) is 14.4. The molecule has 37 heavy (non-hydrogen) atoms. The van der Waals surface area contributed by atoms with Crippen LogP contribution in [0, 0.1) is 17.6 Å². The third-order valence-corrected chi connectivity index (χ3v) is 7.57. The van der Waals surface area contributed by atoms with Gasteiger partial charge in [-0.1, -0.05) is 77.1 Å². The van der Waals surface area contributed by atoms with E-state index in [1.54, 1.807) is 13.0 Å². The Labute approximate surface area is 219 Å². The van der Waals surface area contributed by atoms with Crippen molar-refractivity contribution < 1.29 is 27.4 Å². The molecule has 0 bridgehead atoms. The van der Waals surface area contributed by atoms with E-state index < -0.39 is 23.8 Å². The molecule has 2 atom stereocenters. The molecular formula is C31H41F3O3. The maximum absolute atomic E-state index is 14.8. The molecule has 204 valence electrons. The van der Waals surface area contributed by atoms with Gasteiger partial charge in [0.1, 0.15) is 6.10 Å². The minimum Gasteiger partial charge on any atom is -0.490 e. The third kappa shape index (κ3) is 7.99. The molecule has 2 aromatic rings. The second-order valence-electron chi connectivity index (χ2n) is 10.3. The molecule has 1 saturated carbocycles. The van der Waals surface area contributed by atoms with E-state index >= 15 is 0 Å². The summed E-state index contributed by atoms with van der Waals surface area (Å²) in [6.07, 6.45) is 7.08. The van der Waals surface area contributed by atoms with E-state index in [2.05, 4.69) is 6.92 Å². The van der Waals surface area contributed by atoms with Crippen molar-refractivity contribution in [2.24, 2.45) is 5.92 Å². The molecule has 1 aliphatic carbocycles. The largest absolute Gasteiger partial charge is 0.490 e. The van der Waals surface area contributed by atoms with Gasteiger partial charge >= 0.3 is 5.97 Å². The summed E-state index contributed by atoms with van der Waals surface area (Å²) in [6, 6.07) is 10.6. The summed E-state index contributed by atoms with van der Waals surface area (Å²) in [5.41, 5.74) is 1.92. The zero-order valence-corrected chi connectivity index (χ0v) is 22.4. The first-order valence-corrected chi connectivity index (χ1v) is 13.9. The monoisotopic (exact) mass is 518 g/mol. The van der Waals surface area contributed by atoms with Gasteiger partial charge in [0.25, 0.3) is 0 Å². The maximum atomic E-state index is 14.8. The van der Waals surface area contributed by atoms with Crippen LogP contribution in [0.1, 0.15) is 96.5 Å². The third-order valence-electron chi connectivity index (χ3n) is 7.57. The predicted molar refractivity (Wildman–Crippen MR) is 141 cm³/mol. The van der Waals surface area contributed by atoms with Crippen LogP contribution in [0.5, 0.6) is 5.75 Å². The summed E-state index contributed by atoms with van der Waals surface area (Å²) in [6.45, 7) is 6.09. The predicted octanol–water partition coefficient (Wildman–Crippen LogP) is 8.93. The van der Waals surface area contributed by atoms with Crippen molar-refractivity contribution in [3.8, 4) is 16.9 Å². The zero-order valence-electron chi connectivity index (χ0n) is 22.4. The lowest BCUT2D eigenvalue weighted by Gasteiger charge is -2.29. The number of hydrogen-bond donors (Lipinski definition) is 0. The van der Waals surface area contributed by atoms with E-state index in [0.717, 1.165) is 44.1 Å². The Hall–Kier alpha value is -2.50. The number of alkyl halides is 1. The van der Waals surface area contributed by atoms with Crippen molar-refractivity contribution in [1.82, 2.24) is 0 Å². The number of benzene rings is 2. The zero-order chi connectivity index (χ0) is 26.8. The van der Waals surface area contributed by atoms with Gasteiger partial charge in [-0.15, -0.1) is 0 Å². The van der Waals surface area contributed by atoms with Crippen LogP contribution in [-0.2, 0) is 9.53 Å². The molecule has 2 aromatic carbocycles. The number of ether oxygens (including phenoxy) is 2. The SMILES string of the molecule is CCCCCCCOc1ccc(-c2ccc(C3CCC(OC(=O)[C@@H](F)[C@@H](C)CC)CC3)cc2)c(F)c1F. The Morgan fingerprint density at radius 1 is 0.919 bits per heavy atom. The molecule has 0 amide bonds. The summed E-state index contributed by atoms with van der Waals surface area (Å²) in [5.74, 6) is -2.71. The molecule has 0 unspecified atom stereocenters. The first kappa shape index (κ1) is 29.1. The van der Waals surface area contributed by atoms with Crippen LogP contribution in [0.3, 0.4) is 0 Å². The normalized spacial score (nSPS) is 19.3. The van der Waals surface area contributed by atoms with Crippen molar-refractivity contribution in [2.45, 2.75) is 103 Å². The topological polar surface area (TPSA) is 35.5 Å². The van der Waals surface area contributed by atoms with Crippen LogP contribution in [-0.4, -0.2) is 24.9 Å². The Bertz CT molecular complexity index is 984. The van der Waals surface area contributed by atoms with Gasteiger partial charge in [-0.2, -0.15) is 4.39 Å². The van der Waals surface area contributed by atoms with Gasteiger partial charge in [-0.3, -0.25) is 0 Å². The van der Waals surface area contributed by atoms with Crippen LogP contribution in [0.25, 0.3) is 11.1 Å². The van der Waals surface area contributed by atoms with Crippen molar-refractivity contribution in [3.63, 3.8) is 0 Å². The molecular weight excluding hydrogens is 477 g/mol. The Kier molecular flexibility index (Phi) is 11.3. The first-order valence-electron chi connectivity index (χ1n) is 13.9. The molecule has 0 aliphatic heterocycles. The summed E-state index contributed by atoms with van der Waals surface area (Å²) in [4.78, 5) is 12.0. The van der Waals surface area contributed by atoms with E-state index in [4.69, 9.17) is 9.47 Å². The summed E-state index contributed by atoms with van der Waals surface area (Å²) < 4.78 is 54.5. The summed E-state index contributed by atoms with van der Waals surface area (Å²) in [7, 11) is 0. The van der Waals surface area contributed by atoms with Crippen LogP contribution in [0.4, 0.5) is 13.2 Å². The molecule has 1 fully saturated rings. The molecule has 1 aliphatic rings. The molecule has 3 nitrogen and oxygen atoms in total. The number of carbonyl (C=O) groups excluding carboxylic acids is 1. The lowest BCUT2D eigenvalue weighted by atomic mass is 9.82. The molecule has 0 aromatic heterocycles. The van der Waals surface area contributed by atoms with Crippen molar-refractivity contribution >= 4 is 5.97 Å². The van der Waals surface area contributed by atoms with E-state index in [1.165, 1.54) is 12.5 Å². The summed E-state index contributed by atoms with van der Waals surface area (Å²) >= 11 is 0. The molecule has 0 spiro atoms. The van der Waals surface area contributed by atoms with E-state index in [9.17, 15) is 18.0 Å². The first-order chi connectivity index (χ1) is 17.8. The maximum Gasteiger partial charge on any atom is 0.341 e. The Morgan fingerprint density at radius 3 is 2.24 bits per heavy atom. The van der Waals surface area contributed by atoms with Gasteiger partial charge < -0.3 is 9.47 Å². The van der Waals surface area contributed by atoms with Crippen LogP contribution < -0.4 is 4.74 Å². The molecule has 0 saturated heterocycles. The van der Waals surface area contributed by atoms with Crippen LogP contribution in [0.2, 0.25) is 0 Å². The van der Waals surface area contributed by atoms with Gasteiger partial charge in [0.15, 0.2) is 17.7 Å². The number of rotatable bonds is 13. The van der Waals surface area contributed by atoms with Crippen molar-refractivity contribution in [1.29, 1.82) is 0 Å². The van der Waals surface area contributed by atoms with Crippen LogP contribution in [0.15, 0.2) is 36.4 Å². The number of halogens is 3. The average Bonchev–Trinajstić information content (AvgIpc) is 2.92. The highest BCUT2D eigenvalue weighted by Gasteiger charge is 2.30. The smallest absolute Gasteiger partial charge is 0.341 e. The Morgan fingerprint density at radius 2 is 1.59 bits per heavy atom. The lowest BCUT2D eigenvalue weighted by Crippen LogP contribution is -2.31. The van der Waals surface area contributed by atoms with E-state index in [0.29, 0.717) is 31.4 Å². The lowest BCUT2D eigenvalue weighted by molar-refractivity contribution is -0.158. The summed E-state index contributed by atoms with van der Waals surface area (Å²) in [5, 5.41) is 0. The number of carbonyl (C=O) groups is 1.